The van der Waals surface area contributed by atoms with E-state index >= 15 is 4.39 Å². The number of hydrogen-bond acceptors (Lipinski definition) is 10. The molecule has 2 amide bonds. The third-order valence-electron chi connectivity index (χ3n) is 8.96. The molecule has 0 spiro atoms. The fourth-order valence-corrected chi connectivity index (χ4v) is 6.17. The summed E-state index contributed by atoms with van der Waals surface area (Å²) < 4.78 is 40.4. The number of nitrogens with one attached hydrogen (secondary N) is 1. The molecule has 2 N–H and O–H groups in total. The summed E-state index contributed by atoms with van der Waals surface area (Å²) >= 11 is 0. The first-order valence-corrected chi connectivity index (χ1v) is 17.3. The Bertz CT molecular complexity index is 1770. The fourth-order valence-electron chi connectivity index (χ4n) is 6.17. The standard InChI is InChI=1S/C39H47FN2O11/c1-23(2)30-16-27(17-31(24(3)4)36(30)52-22-49-6)37(44)41-28-10-8-9-15-42(20-28,39(46)47)53-38(45)26-13-11-25(12-14-26)35(43)34-32(40)18-29(50-7)19-33(34)51-21-48-5/h11-14,16-19,23-24,28H,8-10,15,20-22H2,1-7H3,(H-,41,44,46,47)/p+1. The van der Waals surface area contributed by atoms with E-state index in [1.165, 1.54) is 51.7 Å². The molecule has 0 aliphatic carbocycles. The molecule has 3 aromatic carbocycles. The number of carboxylic acid groups (broad SMARTS) is 1. The molecule has 4 rings (SSSR count). The summed E-state index contributed by atoms with van der Waals surface area (Å²) in [4.78, 5) is 59.0. The molecule has 3 aromatic rings. The molecule has 0 aromatic heterocycles. The number of amides is 2. The molecule has 0 radical (unpaired) electrons. The first-order valence-electron chi connectivity index (χ1n) is 17.3. The predicted molar refractivity (Wildman–Crippen MR) is 191 cm³/mol. The molecule has 1 saturated heterocycles. The quantitative estimate of drug-likeness (QED) is 0.102. The zero-order valence-electron chi connectivity index (χ0n) is 31.2. The average Bonchev–Trinajstić information content (AvgIpc) is 3.34. The van der Waals surface area contributed by atoms with E-state index < -0.39 is 40.3 Å². The number of hydroxylamine groups is 3. The molecule has 1 heterocycles. The van der Waals surface area contributed by atoms with Crippen LogP contribution in [0.3, 0.4) is 0 Å². The Morgan fingerprint density at radius 3 is 2.02 bits per heavy atom. The number of carbonyl (C=O) groups excluding carboxylic acids is 3. The van der Waals surface area contributed by atoms with Crippen LogP contribution < -0.4 is 19.5 Å². The Kier molecular flexibility index (Phi) is 13.9. The molecule has 2 unspecified atom stereocenters. The van der Waals surface area contributed by atoms with Crippen molar-refractivity contribution in [3.63, 3.8) is 0 Å². The number of quaternary nitrogens is 1. The van der Waals surface area contributed by atoms with Gasteiger partial charge in [-0.3, -0.25) is 14.4 Å². The van der Waals surface area contributed by atoms with E-state index in [0.29, 0.717) is 30.6 Å². The van der Waals surface area contributed by atoms with Crippen molar-refractivity contribution in [1.29, 1.82) is 0 Å². The summed E-state index contributed by atoms with van der Waals surface area (Å²) in [7, 11) is 4.26. The fraction of sp³-hybridized carbons (Fsp3) is 0.436. The van der Waals surface area contributed by atoms with E-state index in [1.807, 2.05) is 27.7 Å². The van der Waals surface area contributed by atoms with E-state index in [2.05, 4.69) is 5.32 Å². The van der Waals surface area contributed by atoms with Gasteiger partial charge in [0, 0.05) is 43.9 Å². The first-order chi connectivity index (χ1) is 25.2. The van der Waals surface area contributed by atoms with Gasteiger partial charge in [-0.05, 0) is 64.7 Å². The van der Waals surface area contributed by atoms with Crippen molar-refractivity contribution in [2.75, 3.05) is 48.0 Å². The van der Waals surface area contributed by atoms with Crippen molar-refractivity contribution >= 4 is 23.8 Å². The average molecular weight is 740 g/mol. The summed E-state index contributed by atoms with van der Waals surface area (Å²) in [6.07, 6.45) is 0.0757. The Balaban J connectivity index is 1.55. The van der Waals surface area contributed by atoms with Crippen molar-refractivity contribution in [3.8, 4) is 17.2 Å². The normalized spacial score (nSPS) is 17.2. The van der Waals surface area contributed by atoms with Crippen LogP contribution in [-0.4, -0.2) is 87.6 Å². The van der Waals surface area contributed by atoms with Crippen LogP contribution >= 0.6 is 0 Å². The number of ketones is 1. The molecule has 0 bridgehead atoms. The third-order valence-corrected chi connectivity index (χ3v) is 8.96. The summed E-state index contributed by atoms with van der Waals surface area (Å²) in [5.41, 5.74) is 1.72. The molecule has 1 aliphatic rings. The summed E-state index contributed by atoms with van der Waals surface area (Å²) in [5.74, 6) is -2.18. The molecule has 14 heteroatoms. The molecule has 0 saturated carbocycles. The van der Waals surface area contributed by atoms with E-state index in [-0.39, 0.29) is 66.7 Å². The van der Waals surface area contributed by atoms with Crippen LogP contribution in [0.2, 0.25) is 0 Å². The van der Waals surface area contributed by atoms with Gasteiger partial charge < -0.3 is 34.1 Å². The maximum Gasteiger partial charge on any atom is 0.556 e. The van der Waals surface area contributed by atoms with Crippen LogP contribution in [-0.2, 0) is 14.3 Å². The molecular weight excluding hydrogens is 691 g/mol. The van der Waals surface area contributed by atoms with Crippen LogP contribution in [0.1, 0.15) is 107 Å². The van der Waals surface area contributed by atoms with E-state index in [4.69, 9.17) is 28.5 Å². The topological polar surface area (TPSA) is 156 Å². The number of rotatable bonds is 14. The van der Waals surface area contributed by atoms with Crippen molar-refractivity contribution in [3.05, 3.63) is 87.7 Å². The van der Waals surface area contributed by atoms with Gasteiger partial charge in [0.25, 0.3) is 5.91 Å². The highest BCUT2D eigenvalue weighted by molar-refractivity contribution is 6.11. The van der Waals surface area contributed by atoms with Gasteiger partial charge in [-0.25, -0.2) is 9.18 Å². The lowest BCUT2D eigenvalue weighted by atomic mass is 9.91. The minimum absolute atomic E-state index is 0.0223. The van der Waals surface area contributed by atoms with Crippen molar-refractivity contribution < 1.29 is 61.8 Å². The van der Waals surface area contributed by atoms with Gasteiger partial charge in [0.05, 0.1) is 18.7 Å². The lowest BCUT2D eigenvalue weighted by Crippen LogP contribution is -2.58. The van der Waals surface area contributed by atoms with Crippen molar-refractivity contribution in [1.82, 2.24) is 5.32 Å². The number of methoxy groups -OCH3 is 3. The first kappa shape index (κ1) is 40.7. The van der Waals surface area contributed by atoms with Gasteiger partial charge in [-0.1, -0.05) is 39.8 Å². The number of benzene rings is 3. The number of nitrogens with zero attached hydrogens (tertiary/aromatic N) is 1. The van der Waals surface area contributed by atoms with Gasteiger partial charge in [0.2, 0.25) is 0 Å². The second-order valence-corrected chi connectivity index (χ2v) is 13.4. The van der Waals surface area contributed by atoms with Crippen molar-refractivity contribution in [2.24, 2.45) is 0 Å². The van der Waals surface area contributed by atoms with E-state index in [9.17, 15) is 24.3 Å². The van der Waals surface area contributed by atoms with Crippen LogP contribution in [0.4, 0.5) is 9.18 Å². The molecule has 1 fully saturated rings. The SMILES string of the molecule is COCOc1cc(OC)cc(F)c1C(=O)c1ccc(C(=O)O[N+]2(C(=O)O)CCCCC(NC(=O)c3cc(C(C)C)c(OCOC)c(C(C)C)c3)C2)cc1. The largest absolute Gasteiger partial charge is 0.556 e. The molecule has 53 heavy (non-hydrogen) atoms. The summed E-state index contributed by atoms with van der Waals surface area (Å²) in [5, 5.41) is 13.4. The predicted octanol–water partition coefficient (Wildman–Crippen LogP) is 6.83. The van der Waals surface area contributed by atoms with Gasteiger partial charge >= 0.3 is 12.1 Å². The molecule has 1 aliphatic heterocycles. The van der Waals surface area contributed by atoms with E-state index in [1.54, 1.807) is 12.1 Å². The van der Waals surface area contributed by atoms with E-state index in [0.717, 1.165) is 17.2 Å². The second-order valence-electron chi connectivity index (χ2n) is 13.4. The third kappa shape index (κ3) is 9.69. The lowest BCUT2D eigenvalue weighted by Gasteiger charge is -2.30. The number of likely N-dealkylation sites (tertiary alicyclic amines) is 1. The van der Waals surface area contributed by atoms with Gasteiger partial charge in [0.1, 0.15) is 35.2 Å². The summed E-state index contributed by atoms with van der Waals surface area (Å²) in [6.45, 7) is 7.57. The lowest BCUT2D eigenvalue weighted by molar-refractivity contribution is -1.03. The Hall–Kier alpha value is -5.05. The number of hydrogen-bond donors (Lipinski definition) is 2. The number of carbonyl (C=O) groups is 4. The highest BCUT2D eigenvalue weighted by Gasteiger charge is 2.47. The van der Waals surface area contributed by atoms with Gasteiger partial charge in [0.15, 0.2) is 25.9 Å². The summed E-state index contributed by atoms with van der Waals surface area (Å²) in [6, 6.07) is 10.5. The minimum Gasteiger partial charge on any atom is -0.497 e. The maximum atomic E-state index is 15.1. The van der Waals surface area contributed by atoms with Crippen LogP contribution in [0, 0.1) is 5.82 Å². The Labute approximate surface area is 308 Å². The number of ether oxygens (including phenoxy) is 5. The Morgan fingerprint density at radius 1 is 0.849 bits per heavy atom. The smallest absolute Gasteiger partial charge is 0.497 e. The van der Waals surface area contributed by atoms with Crippen molar-refractivity contribution in [2.45, 2.75) is 64.8 Å². The zero-order chi connectivity index (χ0) is 38.9. The van der Waals surface area contributed by atoms with Crippen LogP contribution in [0.15, 0.2) is 48.5 Å². The highest BCUT2D eigenvalue weighted by Crippen LogP contribution is 2.36. The van der Waals surface area contributed by atoms with Gasteiger partial charge in [-0.2, -0.15) is 4.79 Å². The molecule has 2 atom stereocenters. The zero-order valence-corrected chi connectivity index (χ0v) is 31.2. The second kappa shape index (κ2) is 18.1. The Morgan fingerprint density at radius 2 is 1.45 bits per heavy atom. The number of halogens is 1. The molecule has 13 nitrogen and oxygen atoms in total. The highest BCUT2D eigenvalue weighted by atomic mass is 19.1. The maximum absolute atomic E-state index is 15.1. The molecular formula is C39H48FN2O11+. The minimum atomic E-state index is -1.39. The molecule has 286 valence electrons. The van der Waals surface area contributed by atoms with Crippen LogP contribution in [0.25, 0.3) is 0 Å². The monoisotopic (exact) mass is 739 g/mol. The van der Waals surface area contributed by atoms with Gasteiger partial charge in [-0.15, -0.1) is 0 Å². The van der Waals surface area contributed by atoms with Crippen LogP contribution in [0.5, 0.6) is 17.2 Å².